The minimum absolute atomic E-state index is 0.345. The van der Waals surface area contributed by atoms with Crippen LogP contribution < -0.4 is 0 Å². The number of nitriles is 1. The Balaban J connectivity index is 2.29. The van der Waals surface area contributed by atoms with Gasteiger partial charge in [-0.2, -0.15) is 5.26 Å². The Kier molecular flexibility index (Phi) is 5.98. The van der Waals surface area contributed by atoms with Crippen LogP contribution in [0, 0.1) is 23.2 Å². The standard InChI is InChI=1S/C15H28N2/c1-12(2)17(13(3)4)10-9-14-5-7-15(11-16)8-6-14/h12-15H,5-10H2,1-4H3. The Morgan fingerprint density at radius 3 is 2.00 bits per heavy atom. The molecule has 0 amide bonds. The molecular weight excluding hydrogens is 208 g/mol. The highest BCUT2D eigenvalue weighted by Crippen LogP contribution is 2.30. The quantitative estimate of drug-likeness (QED) is 0.725. The molecule has 2 nitrogen and oxygen atoms in total. The van der Waals surface area contributed by atoms with E-state index in [0.29, 0.717) is 18.0 Å². The highest BCUT2D eigenvalue weighted by atomic mass is 15.2. The summed E-state index contributed by atoms with van der Waals surface area (Å²) in [4.78, 5) is 2.58. The third-order valence-electron chi connectivity index (χ3n) is 4.15. The van der Waals surface area contributed by atoms with Gasteiger partial charge in [0.25, 0.3) is 0 Å². The predicted molar refractivity (Wildman–Crippen MR) is 72.7 cm³/mol. The molecule has 1 rings (SSSR count). The van der Waals surface area contributed by atoms with Crippen molar-refractivity contribution >= 4 is 0 Å². The highest BCUT2D eigenvalue weighted by molar-refractivity contribution is 4.87. The van der Waals surface area contributed by atoms with Crippen molar-refractivity contribution in [3.05, 3.63) is 0 Å². The van der Waals surface area contributed by atoms with Crippen LogP contribution in [0.2, 0.25) is 0 Å². The van der Waals surface area contributed by atoms with Gasteiger partial charge in [-0.1, -0.05) is 0 Å². The third kappa shape index (κ3) is 4.68. The van der Waals surface area contributed by atoms with Crippen LogP contribution in [0.15, 0.2) is 0 Å². The molecule has 1 aliphatic carbocycles. The molecule has 1 fully saturated rings. The molecule has 0 N–H and O–H groups in total. The molecule has 1 aliphatic rings. The maximum atomic E-state index is 8.88. The maximum Gasteiger partial charge on any atom is 0.0655 e. The fourth-order valence-electron chi connectivity index (χ4n) is 3.02. The lowest BCUT2D eigenvalue weighted by atomic mass is 9.81. The smallest absolute Gasteiger partial charge is 0.0655 e. The first-order valence-corrected chi connectivity index (χ1v) is 7.20. The van der Waals surface area contributed by atoms with Gasteiger partial charge in [0.15, 0.2) is 0 Å². The van der Waals surface area contributed by atoms with Gasteiger partial charge < -0.3 is 0 Å². The minimum Gasteiger partial charge on any atom is -0.299 e. The van der Waals surface area contributed by atoms with Crippen LogP contribution in [-0.4, -0.2) is 23.5 Å². The van der Waals surface area contributed by atoms with E-state index in [-0.39, 0.29) is 0 Å². The normalized spacial score (nSPS) is 25.5. The first-order chi connectivity index (χ1) is 8.04. The van der Waals surface area contributed by atoms with Crippen LogP contribution in [0.4, 0.5) is 0 Å². The molecule has 0 radical (unpaired) electrons. The lowest BCUT2D eigenvalue weighted by Gasteiger charge is -2.33. The Morgan fingerprint density at radius 1 is 1.06 bits per heavy atom. The van der Waals surface area contributed by atoms with Crippen molar-refractivity contribution in [3.63, 3.8) is 0 Å². The van der Waals surface area contributed by atoms with Crippen LogP contribution in [0.3, 0.4) is 0 Å². The second-order valence-corrected chi connectivity index (χ2v) is 6.06. The van der Waals surface area contributed by atoms with E-state index in [1.165, 1.54) is 25.8 Å². The van der Waals surface area contributed by atoms with Crippen molar-refractivity contribution in [2.75, 3.05) is 6.54 Å². The van der Waals surface area contributed by atoms with E-state index < -0.39 is 0 Å². The van der Waals surface area contributed by atoms with E-state index in [1.54, 1.807) is 0 Å². The van der Waals surface area contributed by atoms with Gasteiger partial charge in [0.1, 0.15) is 0 Å². The molecular formula is C15H28N2. The van der Waals surface area contributed by atoms with Gasteiger partial charge in [0.05, 0.1) is 6.07 Å². The molecule has 0 aliphatic heterocycles. The van der Waals surface area contributed by atoms with E-state index >= 15 is 0 Å². The molecule has 2 heteroatoms. The van der Waals surface area contributed by atoms with Gasteiger partial charge >= 0.3 is 0 Å². The van der Waals surface area contributed by atoms with E-state index in [1.807, 2.05) is 0 Å². The molecule has 0 bridgehead atoms. The molecule has 0 aromatic carbocycles. The molecule has 0 atom stereocenters. The summed E-state index contributed by atoms with van der Waals surface area (Å²) in [6, 6.07) is 3.70. The van der Waals surface area contributed by atoms with Gasteiger partial charge in [-0.3, -0.25) is 4.90 Å². The lowest BCUT2D eigenvalue weighted by Crippen LogP contribution is -2.38. The van der Waals surface area contributed by atoms with Gasteiger partial charge in [0.2, 0.25) is 0 Å². The van der Waals surface area contributed by atoms with Crippen LogP contribution in [0.1, 0.15) is 59.8 Å². The van der Waals surface area contributed by atoms with Crippen molar-refractivity contribution in [2.45, 2.75) is 71.9 Å². The van der Waals surface area contributed by atoms with Crippen LogP contribution in [-0.2, 0) is 0 Å². The summed E-state index contributed by atoms with van der Waals surface area (Å²) >= 11 is 0. The zero-order valence-corrected chi connectivity index (χ0v) is 11.9. The summed E-state index contributed by atoms with van der Waals surface area (Å²) < 4.78 is 0. The predicted octanol–water partition coefficient (Wildman–Crippen LogP) is 3.83. The van der Waals surface area contributed by atoms with Crippen molar-refractivity contribution in [3.8, 4) is 6.07 Å². The molecule has 0 aromatic heterocycles. The van der Waals surface area contributed by atoms with Gasteiger partial charge in [-0.05, 0) is 72.3 Å². The summed E-state index contributed by atoms with van der Waals surface area (Å²) in [5.74, 6) is 1.21. The SMILES string of the molecule is CC(C)N(CCC1CCC(C#N)CC1)C(C)C. The maximum absolute atomic E-state index is 8.88. The molecule has 0 unspecified atom stereocenters. The van der Waals surface area contributed by atoms with E-state index in [0.717, 1.165) is 18.8 Å². The highest BCUT2D eigenvalue weighted by Gasteiger charge is 2.22. The molecule has 17 heavy (non-hydrogen) atoms. The van der Waals surface area contributed by atoms with E-state index in [2.05, 4.69) is 38.7 Å². The fourth-order valence-corrected chi connectivity index (χ4v) is 3.02. The first kappa shape index (κ1) is 14.5. The second kappa shape index (κ2) is 7.01. The Bertz CT molecular complexity index is 236. The molecule has 0 aromatic rings. The average Bonchev–Trinajstić information content (AvgIpc) is 2.29. The summed E-state index contributed by atoms with van der Waals surface area (Å²) in [6.45, 7) is 10.4. The average molecular weight is 236 g/mol. The van der Waals surface area contributed by atoms with Gasteiger partial charge in [0, 0.05) is 18.0 Å². The van der Waals surface area contributed by atoms with Gasteiger partial charge in [-0.25, -0.2) is 0 Å². The minimum atomic E-state index is 0.345. The van der Waals surface area contributed by atoms with Crippen LogP contribution in [0.25, 0.3) is 0 Å². The number of hydrogen-bond acceptors (Lipinski definition) is 2. The molecule has 1 saturated carbocycles. The van der Waals surface area contributed by atoms with Crippen molar-refractivity contribution in [1.29, 1.82) is 5.26 Å². The molecule has 0 spiro atoms. The topological polar surface area (TPSA) is 27.0 Å². The van der Waals surface area contributed by atoms with E-state index in [9.17, 15) is 0 Å². The van der Waals surface area contributed by atoms with Crippen molar-refractivity contribution in [2.24, 2.45) is 11.8 Å². The Hall–Kier alpha value is -0.550. The summed E-state index contributed by atoms with van der Waals surface area (Å²) in [6.07, 6.45) is 6.11. The molecule has 0 heterocycles. The van der Waals surface area contributed by atoms with Crippen molar-refractivity contribution < 1.29 is 0 Å². The third-order valence-corrected chi connectivity index (χ3v) is 4.15. The monoisotopic (exact) mass is 236 g/mol. The Morgan fingerprint density at radius 2 is 1.59 bits per heavy atom. The summed E-state index contributed by atoms with van der Waals surface area (Å²) in [7, 11) is 0. The van der Waals surface area contributed by atoms with Crippen molar-refractivity contribution in [1.82, 2.24) is 4.90 Å². The number of rotatable bonds is 5. The fraction of sp³-hybridized carbons (Fsp3) is 0.933. The summed E-state index contributed by atoms with van der Waals surface area (Å²) in [5.41, 5.74) is 0. The molecule has 98 valence electrons. The van der Waals surface area contributed by atoms with Gasteiger partial charge in [-0.15, -0.1) is 0 Å². The second-order valence-electron chi connectivity index (χ2n) is 6.06. The summed E-state index contributed by atoms with van der Waals surface area (Å²) in [5, 5.41) is 8.88. The Labute approximate surface area is 107 Å². The largest absolute Gasteiger partial charge is 0.299 e. The van der Waals surface area contributed by atoms with Crippen LogP contribution >= 0.6 is 0 Å². The lowest BCUT2D eigenvalue weighted by molar-refractivity contribution is 0.153. The van der Waals surface area contributed by atoms with E-state index in [4.69, 9.17) is 5.26 Å². The zero-order chi connectivity index (χ0) is 12.8. The number of nitrogens with zero attached hydrogens (tertiary/aromatic N) is 2. The first-order valence-electron chi connectivity index (χ1n) is 7.20. The van der Waals surface area contributed by atoms with Crippen LogP contribution in [0.5, 0.6) is 0 Å². The zero-order valence-electron chi connectivity index (χ0n) is 11.9. The molecule has 0 saturated heterocycles. The number of hydrogen-bond donors (Lipinski definition) is 0.